The minimum atomic E-state index is -2.53. The lowest BCUT2D eigenvalue weighted by Gasteiger charge is -2.60. The third kappa shape index (κ3) is 3.24. The molecule has 172 valence electrons. The molecule has 2 aromatic heterocycles. The number of benzene rings is 1. The van der Waals surface area contributed by atoms with E-state index in [-0.39, 0.29) is 12.3 Å². The van der Waals surface area contributed by atoms with Crippen LogP contribution >= 0.6 is 0 Å². The number of hydrogen-bond acceptors (Lipinski definition) is 6. The van der Waals surface area contributed by atoms with Gasteiger partial charge in [0, 0.05) is 62.6 Å². The number of aryl methyl sites for hydroxylation is 1. The lowest BCUT2D eigenvalue weighted by Crippen LogP contribution is -2.70. The van der Waals surface area contributed by atoms with E-state index in [1.165, 1.54) is 0 Å². The van der Waals surface area contributed by atoms with Gasteiger partial charge in [0.2, 0.25) is 5.65 Å². The molecule has 1 amide bonds. The van der Waals surface area contributed by atoms with Crippen molar-refractivity contribution in [3.05, 3.63) is 47.7 Å². The van der Waals surface area contributed by atoms with E-state index in [1.54, 1.807) is 12.1 Å². The molecule has 6 rings (SSSR count). The van der Waals surface area contributed by atoms with Crippen molar-refractivity contribution in [1.82, 2.24) is 14.9 Å². The van der Waals surface area contributed by atoms with Gasteiger partial charge in [-0.15, -0.1) is 0 Å². The number of amides is 1. The summed E-state index contributed by atoms with van der Waals surface area (Å²) in [4.78, 5) is 27.7. The lowest BCUT2D eigenvalue weighted by molar-refractivity contribution is -0.212. The number of carbonyl (C=O) groups is 1. The number of pyridine rings is 1. The Bertz CT molecular complexity index is 1210. The van der Waals surface area contributed by atoms with E-state index in [1.807, 2.05) is 45.9 Å². The third-order valence-electron chi connectivity index (χ3n) is 7.38. The summed E-state index contributed by atoms with van der Waals surface area (Å²) in [6.45, 7) is 5.07. The maximum Gasteiger partial charge on any atom is 0.300 e. The highest BCUT2D eigenvalue weighted by atomic mass is 19.3. The van der Waals surface area contributed by atoms with E-state index in [2.05, 4.69) is 9.97 Å². The Kier molecular flexibility index (Phi) is 4.41. The molecule has 1 aromatic carbocycles. The average Bonchev–Trinajstić information content (AvgIpc) is 3.21. The molecule has 0 atom stereocenters. The van der Waals surface area contributed by atoms with Crippen molar-refractivity contribution in [3.63, 3.8) is 0 Å². The molecule has 3 aliphatic rings. The van der Waals surface area contributed by atoms with Crippen LogP contribution < -0.4 is 9.80 Å². The van der Waals surface area contributed by atoms with Crippen LogP contribution in [0, 0.1) is 12.3 Å². The van der Waals surface area contributed by atoms with Gasteiger partial charge in [-0.2, -0.15) is 4.98 Å². The number of anilines is 2. The summed E-state index contributed by atoms with van der Waals surface area (Å²) < 4.78 is 33.5. The number of halogens is 2. The minimum Gasteiger partial charge on any atom is -0.422 e. The average molecular weight is 453 g/mol. The van der Waals surface area contributed by atoms with Crippen LogP contribution in [-0.4, -0.2) is 66.0 Å². The third-order valence-corrected chi connectivity index (χ3v) is 7.38. The zero-order valence-electron chi connectivity index (χ0n) is 18.4. The molecular formula is C24H25F2N5O2. The minimum absolute atomic E-state index is 0.00447. The van der Waals surface area contributed by atoms with E-state index in [0.29, 0.717) is 68.5 Å². The highest BCUT2D eigenvalue weighted by Crippen LogP contribution is 2.59. The predicted octanol–water partition coefficient (Wildman–Crippen LogP) is 3.73. The summed E-state index contributed by atoms with van der Waals surface area (Å²) in [5.41, 5.74) is 2.81. The number of aromatic nitrogens is 2. The van der Waals surface area contributed by atoms with Crippen molar-refractivity contribution in [2.45, 2.75) is 25.7 Å². The molecular weight excluding hydrogens is 428 g/mol. The van der Waals surface area contributed by atoms with E-state index >= 15 is 0 Å². The number of piperazine rings is 1. The molecule has 2 saturated heterocycles. The summed E-state index contributed by atoms with van der Waals surface area (Å²) in [7, 11) is 0. The standard InChI is InChI=1S/C24H25F2N5O2/c1-16-2-7-19-20(27-16)28-22(33-19)30-12-10-29(11-13-30)21(32)17-3-5-18(6-4-17)31-14-23(15-31)8-9-24(23,25)26/h2-7H,8-15H2,1H3. The smallest absolute Gasteiger partial charge is 0.300 e. The molecule has 0 bridgehead atoms. The van der Waals surface area contributed by atoms with Crippen LogP contribution in [0.2, 0.25) is 0 Å². The number of nitrogens with zero attached hydrogens (tertiary/aromatic N) is 5. The van der Waals surface area contributed by atoms with Crippen LogP contribution in [0.5, 0.6) is 0 Å². The molecule has 0 N–H and O–H groups in total. The van der Waals surface area contributed by atoms with Gasteiger partial charge in [-0.25, -0.2) is 13.8 Å². The van der Waals surface area contributed by atoms with Crippen LogP contribution in [0.4, 0.5) is 20.5 Å². The normalized spacial score (nSPS) is 21.2. The van der Waals surface area contributed by atoms with Crippen molar-refractivity contribution >= 4 is 28.8 Å². The number of alkyl halides is 2. The van der Waals surface area contributed by atoms with Crippen molar-refractivity contribution < 1.29 is 18.0 Å². The molecule has 0 radical (unpaired) electrons. The van der Waals surface area contributed by atoms with Gasteiger partial charge in [0.25, 0.3) is 17.8 Å². The molecule has 9 heteroatoms. The molecule has 1 saturated carbocycles. The predicted molar refractivity (Wildman–Crippen MR) is 120 cm³/mol. The molecule has 33 heavy (non-hydrogen) atoms. The topological polar surface area (TPSA) is 65.7 Å². The van der Waals surface area contributed by atoms with Crippen LogP contribution in [-0.2, 0) is 0 Å². The Hall–Kier alpha value is -3.23. The summed E-state index contributed by atoms with van der Waals surface area (Å²) in [6, 6.07) is 11.6. The van der Waals surface area contributed by atoms with E-state index in [0.717, 1.165) is 11.4 Å². The van der Waals surface area contributed by atoms with Gasteiger partial charge >= 0.3 is 0 Å². The quantitative estimate of drug-likeness (QED) is 0.602. The maximum absolute atomic E-state index is 13.8. The van der Waals surface area contributed by atoms with Gasteiger partial charge in [0.05, 0.1) is 5.41 Å². The van der Waals surface area contributed by atoms with Crippen molar-refractivity contribution in [2.24, 2.45) is 5.41 Å². The van der Waals surface area contributed by atoms with Gasteiger partial charge < -0.3 is 19.1 Å². The summed E-state index contributed by atoms with van der Waals surface area (Å²) in [5.74, 6) is -2.56. The molecule has 2 aliphatic heterocycles. The Morgan fingerprint density at radius 2 is 1.67 bits per heavy atom. The zero-order chi connectivity index (χ0) is 22.8. The second-order valence-electron chi connectivity index (χ2n) is 9.44. The largest absolute Gasteiger partial charge is 0.422 e. The van der Waals surface area contributed by atoms with Gasteiger partial charge in [-0.05, 0) is 49.7 Å². The Balaban J connectivity index is 1.06. The first-order chi connectivity index (χ1) is 15.8. The maximum atomic E-state index is 13.8. The molecule has 3 aromatic rings. The Morgan fingerprint density at radius 1 is 0.939 bits per heavy atom. The Morgan fingerprint density at radius 3 is 2.30 bits per heavy atom. The van der Waals surface area contributed by atoms with Crippen LogP contribution in [0.25, 0.3) is 11.2 Å². The fourth-order valence-electron chi connectivity index (χ4n) is 5.06. The first-order valence-electron chi connectivity index (χ1n) is 11.3. The van der Waals surface area contributed by atoms with Crippen molar-refractivity contribution in [3.8, 4) is 0 Å². The highest BCUT2D eigenvalue weighted by molar-refractivity contribution is 5.94. The SMILES string of the molecule is Cc1ccc2oc(N3CCN(C(=O)c4ccc(N5CC6(CCC6(F)F)C5)cc4)CC3)nc2n1. The van der Waals surface area contributed by atoms with E-state index in [9.17, 15) is 13.6 Å². The molecule has 0 unspecified atom stereocenters. The highest BCUT2D eigenvalue weighted by Gasteiger charge is 2.66. The van der Waals surface area contributed by atoms with Gasteiger partial charge in [-0.1, -0.05) is 0 Å². The fraction of sp³-hybridized carbons (Fsp3) is 0.458. The first-order valence-corrected chi connectivity index (χ1v) is 11.3. The number of rotatable bonds is 3. The van der Waals surface area contributed by atoms with Crippen LogP contribution in [0.3, 0.4) is 0 Å². The molecule has 7 nitrogen and oxygen atoms in total. The monoisotopic (exact) mass is 453 g/mol. The zero-order valence-corrected chi connectivity index (χ0v) is 18.4. The number of hydrogen-bond donors (Lipinski definition) is 0. The van der Waals surface area contributed by atoms with E-state index in [4.69, 9.17) is 4.42 Å². The summed E-state index contributed by atoms with van der Waals surface area (Å²) >= 11 is 0. The molecule has 4 heterocycles. The van der Waals surface area contributed by atoms with Crippen molar-refractivity contribution in [2.75, 3.05) is 49.1 Å². The van der Waals surface area contributed by atoms with Crippen LogP contribution in [0.15, 0.2) is 40.8 Å². The fourth-order valence-corrected chi connectivity index (χ4v) is 5.06. The second kappa shape index (κ2) is 7.13. The van der Waals surface area contributed by atoms with Crippen molar-refractivity contribution in [1.29, 1.82) is 0 Å². The van der Waals surface area contributed by atoms with Crippen LogP contribution in [0.1, 0.15) is 28.9 Å². The summed E-state index contributed by atoms with van der Waals surface area (Å²) in [6.07, 6.45) is 0.600. The first kappa shape index (κ1) is 20.4. The summed E-state index contributed by atoms with van der Waals surface area (Å²) in [5, 5.41) is 0. The molecule has 3 fully saturated rings. The van der Waals surface area contributed by atoms with E-state index < -0.39 is 11.3 Å². The second-order valence-corrected chi connectivity index (χ2v) is 9.44. The number of carbonyl (C=O) groups excluding carboxylic acids is 1. The van der Waals surface area contributed by atoms with Gasteiger partial charge in [0.1, 0.15) is 0 Å². The molecule has 1 spiro atoms. The van der Waals surface area contributed by atoms with Gasteiger partial charge in [-0.3, -0.25) is 4.79 Å². The van der Waals surface area contributed by atoms with Gasteiger partial charge in [0.15, 0.2) is 5.58 Å². The number of oxazole rings is 1. The number of fused-ring (bicyclic) bond motifs is 1. The Labute approximate surface area is 190 Å². The molecule has 1 aliphatic carbocycles. The lowest BCUT2D eigenvalue weighted by atomic mass is 9.60.